The fraction of sp³-hybridized carbons (Fsp3) is 0. The molecule has 0 saturated carbocycles. The maximum atomic E-state index is 10.3. The highest BCUT2D eigenvalue weighted by atomic mass is 79.9. The van der Waals surface area contributed by atoms with E-state index >= 15 is 0 Å². The Morgan fingerprint density at radius 2 is 2.33 bits per heavy atom. The first-order valence-electron chi connectivity index (χ1n) is 2.97. The summed E-state index contributed by atoms with van der Waals surface area (Å²) in [5, 5.41) is 8.36. The third-order valence-corrected chi connectivity index (χ3v) is 1.81. The summed E-state index contributed by atoms with van der Waals surface area (Å²) in [6.45, 7) is 0. The largest absolute Gasteiger partial charge is 0.464 e. The quantitative estimate of drug-likeness (QED) is 0.756. The van der Waals surface area contributed by atoms with Gasteiger partial charge in [0.15, 0.2) is 6.29 Å². The van der Waals surface area contributed by atoms with Crippen molar-refractivity contribution in [1.29, 1.82) is 0 Å². The molecule has 2 N–H and O–H groups in total. The number of carbonyl (C=O) groups is 2. The van der Waals surface area contributed by atoms with Crippen molar-refractivity contribution in [1.82, 2.24) is 4.68 Å². The highest BCUT2D eigenvalue weighted by molar-refractivity contribution is 9.10. The number of rotatable bonds is 2. The molecule has 0 aliphatic heterocycles. The molecule has 1 aromatic heterocycles. The van der Waals surface area contributed by atoms with Crippen LogP contribution in [0.25, 0.3) is 0 Å². The molecule has 1 heterocycles. The number of aromatic nitrogens is 1. The van der Waals surface area contributed by atoms with Crippen LogP contribution in [-0.2, 0) is 0 Å². The highest BCUT2D eigenvalue weighted by Crippen LogP contribution is 2.11. The van der Waals surface area contributed by atoms with Crippen molar-refractivity contribution in [2.75, 3.05) is 5.43 Å². The molecule has 0 radical (unpaired) electrons. The number of nitrogens with zero attached hydrogens (tertiary/aromatic N) is 1. The molecule has 0 aromatic carbocycles. The van der Waals surface area contributed by atoms with Crippen LogP contribution >= 0.6 is 15.9 Å². The fourth-order valence-electron chi connectivity index (χ4n) is 0.732. The maximum Gasteiger partial charge on any atom is 0.424 e. The van der Waals surface area contributed by atoms with Gasteiger partial charge in [-0.2, -0.15) is 0 Å². The van der Waals surface area contributed by atoms with Crippen LogP contribution in [0.15, 0.2) is 16.7 Å². The van der Waals surface area contributed by atoms with E-state index in [0.717, 1.165) is 4.68 Å². The minimum atomic E-state index is -1.23. The zero-order chi connectivity index (χ0) is 9.14. The average molecular weight is 233 g/mol. The summed E-state index contributed by atoms with van der Waals surface area (Å²) in [5.41, 5.74) is 2.27. The summed E-state index contributed by atoms with van der Waals surface area (Å²) in [6, 6.07) is 3.06. The smallest absolute Gasteiger partial charge is 0.424 e. The Balaban J connectivity index is 3.01. The topological polar surface area (TPSA) is 71.3 Å². The summed E-state index contributed by atoms with van der Waals surface area (Å²) in [6.07, 6.45) is -0.671. The summed E-state index contributed by atoms with van der Waals surface area (Å²) in [7, 11) is 0. The van der Waals surface area contributed by atoms with Crippen LogP contribution in [0.5, 0.6) is 0 Å². The molecule has 1 amide bonds. The van der Waals surface area contributed by atoms with Crippen LogP contribution in [0.4, 0.5) is 4.79 Å². The van der Waals surface area contributed by atoms with E-state index in [4.69, 9.17) is 5.11 Å². The van der Waals surface area contributed by atoms with Gasteiger partial charge in [-0.15, -0.1) is 0 Å². The standard InChI is InChI=1S/C6H5BrN2O3/c7-5-2-1-4(3-10)9(5)8-6(11)12/h1-3,8H,(H,11,12). The third-order valence-electron chi connectivity index (χ3n) is 1.19. The van der Waals surface area contributed by atoms with Gasteiger partial charge in [0, 0.05) is 0 Å². The van der Waals surface area contributed by atoms with Crippen LogP contribution in [0.1, 0.15) is 10.5 Å². The second-order valence-electron chi connectivity index (χ2n) is 1.95. The predicted molar refractivity (Wildman–Crippen MR) is 44.9 cm³/mol. The van der Waals surface area contributed by atoms with Crippen molar-refractivity contribution in [3.8, 4) is 0 Å². The van der Waals surface area contributed by atoms with Crippen LogP contribution in [-0.4, -0.2) is 22.2 Å². The van der Waals surface area contributed by atoms with Gasteiger partial charge in [-0.1, -0.05) is 0 Å². The molecule has 0 unspecified atom stereocenters. The van der Waals surface area contributed by atoms with Crippen LogP contribution in [0, 0.1) is 0 Å². The predicted octanol–water partition coefficient (Wildman–Crippen LogP) is 1.28. The lowest BCUT2D eigenvalue weighted by molar-refractivity contribution is 0.111. The number of carbonyl (C=O) groups excluding carboxylic acids is 1. The lowest BCUT2D eigenvalue weighted by Crippen LogP contribution is -2.22. The molecule has 0 aliphatic carbocycles. The van der Waals surface area contributed by atoms with E-state index in [1.54, 1.807) is 6.07 Å². The number of hydrogen-bond acceptors (Lipinski definition) is 2. The summed E-state index contributed by atoms with van der Waals surface area (Å²) in [5.74, 6) is 0. The molecule has 64 valence electrons. The number of aldehydes is 1. The molecule has 0 bridgehead atoms. The first kappa shape index (κ1) is 8.79. The van der Waals surface area contributed by atoms with Gasteiger partial charge in [0.1, 0.15) is 10.3 Å². The molecular weight excluding hydrogens is 228 g/mol. The third kappa shape index (κ3) is 1.65. The first-order chi connectivity index (χ1) is 5.65. The molecule has 0 saturated heterocycles. The monoisotopic (exact) mass is 232 g/mol. The molecular formula is C6H5BrN2O3. The number of amides is 1. The van der Waals surface area contributed by atoms with Gasteiger partial charge in [-0.3, -0.25) is 4.79 Å². The second kappa shape index (κ2) is 3.40. The molecule has 0 fully saturated rings. The van der Waals surface area contributed by atoms with Crippen molar-refractivity contribution in [2.24, 2.45) is 0 Å². The Labute approximate surface area is 76.1 Å². The first-order valence-corrected chi connectivity index (χ1v) is 3.77. The van der Waals surface area contributed by atoms with E-state index in [2.05, 4.69) is 15.9 Å². The normalized spacial score (nSPS) is 9.42. The van der Waals surface area contributed by atoms with Crippen LogP contribution in [0.3, 0.4) is 0 Å². The van der Waals surface area contributed by atoms with Gasteiger partial charge < -0.3 is 5.11 Å². The molecule has 1 aromatic rings. The zero-order valence-electron chi connectivity index (χ0n) is 5.82. The van der Waals surface area contributed by atoms with Gasteiger partial charge in [0.25, 0.3) is 0 Å². The number of hydrogen-bond donors (Lipinski definition) is 2. The van der Waals surface area contributed by atoms with E-state index in [-0.39, 0.29) is 5.69 Å². The van der Waals surface area contributed by atoms with Gasteiger partial charge in [0.2, 0.25) is 0 Å². The average Bonchev–Trinajstić information content (AvgIpc) is 2.32. The van der Waals surface area contributed by atoms with Gasteiger partial charge in [-0.25, -0.2) is 14.9 Å². The minimum Gasteiger partial charge on any atom is -0.464 e. The molecule has 5 nitrogen and oxygen atoms in total. The van der Waals surface area contributed by atoms with E-state index in [0.29, 0.717) is 10.9 Å². The molecule has 1 rings (SSSR count). The molecule has 0 atom stereocenters. The lowest BCUT2D eigenvalue weighted by atomic mass is 10.5. The van der Waals surface area contributed by atoms with Gasteiger partial charge in [0.05, 0.1) is 0 Å². The van der Waals surface area contributed by atoms with Crippen LogP contribution < -0.4 is 5.43 Å². The maximum absolute atomic E-state index is 10.3. The van der Waals surface area contributed by atoms with E-state index in [9.17, 15) is 9.59 Å². The fourth-order valence-corrected chi connectivity index (χ4v) is 1.16. The van der Waals surface area contributed by atoms with Crippen molar-refractivity contribution in [3.63, 3.8) is 0 Å². The van der Waals surface area contributed by atoms with Crippen molar-refractivity contribution >= 4 is 28.3 Å². The summed E-state index contributed by atoms with van der Waals surface area (Å²) < 4.78 is 1.60. The van der Waals surface area contributed by atoms with E-state index in [1.165, 1.54) is 6.07 Å². The Hall–Kier alpha value is -1.30. The SMILES string of the molecule is O=Cc1ccc(Br)n1NC(=O)O. The van der Waals surface area contributed by atoms with E-state index < -0.39 is 6.09 Å². The molecule has 12 heavy (non-hydrogen) atoms. The Kier molecular flexibility index (Phi) is 2.49. The minimum absolute atomic E-state index is 0.240. The Morgan fingerprint density at radius 1 is 1.67 bits per heavy atom. The van der Waals surface area contributed by atoms with Gasteiger partial charge >= 0.3 is 6.09 Å². The van der Waals surface area contributed by atoms with Crippen molar-refractivity contribution in [2.45, 2.75) is 0 Å². The summed E-state index contributed by atoms with van der Waals surface area (Å²) in [4.78, 5) is 20.6. The van der Waals surface area contributed by atoms with Crippen molar-refractivity contribution < 1.29 is 14.7 Å². The lowest BCUT2D eigenvalue weighted by Gasteiger charge is -2.04. The van der Waals surface area contributed by atoms with Crippen molar-refractivity contribution in [3.05, 3.63) is 22.4 Å². The molecule has 0 aliphatic rings. The van der Waals surface area contributed by atoms with Crippen LogP contribution in [0.2, 0.25) is 0 Å². The zero-order valence-corrected chi connectivity index (χ0v) is 7.41. The number of carboxylic acid groups (broad SMARTS) is 1. The van der Waals surface area contributed by atoms with Gasteiger partial charge in [-0.05, 0) is 28.1 Å². The Morgan fingerprint density at radius 3 is 2.83 bits per heavy atom. The number of halogens is 1. The molecule has 6 heteroatoms. The number of nitrogens with one attached hydrogen (secondary N) is 1. The Bertz CT molecular complexity index is 321. The highest BCUT2D eigenvalue weighted by Gasteiger charge is 2.06. The second-order valence-corrected chi connectivity index (χ2v) is 2.76. The van der Waals surface area contributed by atoms with E-state index in [1.807, 2.05) is 5.43 Å². The molecule has 0 spiro atoms. The summed E-state index contributed by atoms with van der Waals surface area (Å²) >= 11 is 3.06.